The van der Waals surface area contributed by atoms with Gasteiger partial charge in [-0.25, -0.2) is 0 Å². The second kappa shape index (κ2) is 9.17. The molecule has 0 radical (unpaired) electrons. The molecule has 3 rings (SSSR count). The van der Waals surface area contributed by atoms with Crippen molar-refractivity contribution in [3.8, 4) is 5.75 Å². The van der Waals surface area contributed by atoms with Crippen molar-refractivity contribution in [1.82, 2.24) is 9.80 Å². The van der Waals surface area contributed by atoms with Crippen LogP contribution < -0.4 is 4.74 Å². The summed E-state index contributed by atoms with van der Waals surface area (Å²) < 4.78 is 16.2. The van der Waals surface area contributed by atoms with E-state index >= 15 is 0 Å². The summed E-state index contributed by atoms with van der Waals surface area (Å²) in [6.45, 7) is 6.51. The summed E-state index contributed by atoms with van der Waals surface area (Å²) in [7, 11) is 1.62. The molecule has 2 aliphatic rings. The van der Waals surface area contributed by atoms with E-state index in [1.54, 1.807) is 7.11 Å². The van der Waals surface area contributed by atoms with E-state index in [4.69, 9.17) is 14.2 Å². The van der Waals surface area contributed by atoms with Crippen molar-refractivity contribution in [1.29, 1.82) is 0 Å². The lowest BCUT2D eigenvalue weighted by Gasteiger charge is -2.36. The Hall–Kier alpha value is -1.63. The number of carbonyl (C=O) groups excluding carboxylic acids is 1. The number of rotatable bonds is 6. The lowest BCUT2D eigenvalue weighted by atomic mass is 10.0. The van der Waals surface area contributed by atoms with Crippen LogP contribution >= 0.6 is 0 Å². The van der Waals surface area contributed by atoms with Crippen molar-refractivity contribution in [2.24, 2.45) is 0 Å². The zero-order valence-corrected chi connectivity index (χ0v) is 15.0. The Morgan fingerprint density at radius 3 is 2.64 bits per heavy atom. The van der Waals surface area contributed by atoms with Crippen molar-refractivity contribution < 1.29 is 19.0 Å². The van der Waals surface area contributed by atoms with Gasteiger partial charge in [0.1, 0.15) is 5.75 Å². The molecule has 25 heavy (non-hydrogen) atoms. The molecule has 0 aromatic heterocycles. The van der Waals surface area contributed by atoms with Crippen LogP contribution in [0, 0.1) is 0 Å². The molecule has 6 heteroatoms. The maximum absolute atomic E-state index is 13.2. The predicted octanol–water partition coefficient (Wildman–Crippen LogP) is 1.65. The fraction of sp³-hybridized carbons (Fsp3) is 0.632. The molecule has 6 nitrogen and oxygen atoms in total. The molecule has 0 unspecified atom stereocenters. The van der Waals surface area contributed by atoms with Crippen LogP contribution in [0.1, 0.15) is 23.2 Å². The lowest BCUT2D eigenvalue weighted by Crippen LogP contribution is -2.48. The third-order valence-corrected chi connectivity index (χ3v) is 4.97. The number of amides is 1. The first-order valence-corrected chi connectivity index (χ1v) is 9.11. The number of ether oxygens (including phenoxy) is 3. The second-order valence-corrected chi connectivity index (χ2v) is 6.53. The van der Waals surface area contributed by atoms with E-state index in [9.17, 15) is 4.79 Å². The predicted molar refractivity (Wildman–Crippen MR) is 95.1 cm³/mol. The Balaban J connectivity index is 1.70. The summed E-state index contributed by atoms with van der Waals surface area (Å²) in [6, 6.07) is 7.67. The van der Waals surface area contributed by atoms with E-state index in [1.807, 2.05) is 29.2 Å². The highest BCUT2D eigenvalue weighted by Gasteiger charge is 2.27. The van der Waals surface area contributed by atoms with E-state index in [-0.39, 0.29) is 11.9 Å². The maximum Gasteiger partial charge on any atom is 0.254 e. The Morgan fingerprint density at radius 2 is 1.92 bits per heavy atom. The number of methoxy groups -OCH3 is 1. The van der Waals surface area contributed by atoms with Gasteiger partial charge in [0.05, 0.1) is 20.3 Å². The zero-order valence-electron chi connectivity index (χ0n) is 15.0. The van der Waals surface area contributed by atoms with E-state index in [0.717, 1.165) is 65.4 Å². The molecule has 2 heterocycles. The van der Waals surface area contributed by atoms with Crippen molar-refractivity contribution in [3.05, 3.63) is 29.8 Å². The summed E-state index contributed by atoms with van der Waals surface area (Å²) >= 11 is 0. The molecule has 2 saturated heterocycles. The molecule has 0 spiro atoms. The standard InChI is InChI=1S/C19H28N2O4/c1-23-18-4-2-3-16(15-18)19(22)21(17-5-11-24-12-6-17)8-7-20-9-13-25-14-10-20/h2-4,15,17H,5-14H2,1H3. The number of hydrogen-bond acceptors (Lipinski definition) is 5. The maximum atomic E-state index is 13.2. The molecule has 1 aromatic carbocycles. The van der Waals surface area contributed by atoms with Crippen LogP contribution in [0.15, 0.2) is 24.3 Å². The Labute approximate surface area is 149 Å². The monoisotopic (exact) mass is 348 g/mol. The van der Waals surface area contributed by atoms with Gasteiger partial charge in [0.25, 0.3) is 5.91 Å². The third kappa shape index (κ3) is 4.93. The van der Waals surface area contributed by atoms with Gasteiger partial charge >= 0.3 is 0 Å². The molecule has 1 aromatic rings. The highest BCUT2D eigenvalue weighted by Crippen LogP contribution is 2.20. The van der Waals surface area contributed by atoms with E-state index in [0.29, 0.717) is 11.3 Å². The number of benzene rings is 1. The second-order valence-electron chi connectivity index (χ2n) is 6.53. The van der Waals surface area contributed by atoms with Crippen LogP contribution in [0.5, 0.6) is 5.75 Å². The number of hydrogen-bond donors (Lipinski definition) is 0. The van der Waals surface area contributed by atoms with Crippen LogP contribution in [-0.4, -0.2) is 81.5 Å². The number of carbonyl (C=O) groups is 1. The van der Waals surface area contributed by atoms with Crippen LogP contribution in [0.2, 0.25) is 0 Å². The van der Waals surface area contributed by atoms with Crippen LogP contribution in [0.25, 0.3) is 0 Å². The molecule has 138 valence electrons. The van der Waals surface area contributed by atoms with Gasteiger partial charge < -0.3 is 19.1 Å². The molecule has 2 fully saturated rings. The molecule has 1 amide bonds. The van der Waals surface area contributed by atoms with Gasteiger partial charge in [-0.05, 0) is 31.0 Å². The average molecular weight is 348 g/mol. The van der Waals surface area contributed by atoms with Gasteiger partial charge in [0.2, 0.25) is 0 Å². The van der Waals surface area contributed by atoms with Crippen molar-refractivity contribution >= 4 is 5.91 Å². The first-order valence-electron chi connectivity index (χ1n) is 9.11. The molecule has 0 bridgehead atoms. The van der Waals surface area contributed by atoms with Crippen molar-refractivity contribution in [2.45, 2.75) is 18.9 Å². The smallest absolute Gasteiger partial charge is 0.254 e. The topological polar surface area (TPSA) is 51.2 Å². The quantitative estimate of drug-likeness (QED) is 0.782. The average Bonchev–Trinajstić information content (AvgIpc) is 2.69. The lowest BCUT2D eigenvalue weighted by molar-refractivity contribution is 0.0141. The van der Waals surface area contributed by atoms with Gasteiger partial charge in [0, 0.05) is 51.0 Å². The fourth-order valence-corrected chi connectivity index (χ4v) is 3.44. The van der Waals surface area contributed by atoms with E-state index in [1.165, 1.54) is 0 Å². The van der Waals surface area contributed by atoms with Gasteiger partial charge in [-0.3, -0.25) is 9.69 Å². The van der Waals surface area contributed by atoms with Crippen LogP contribution in [0.3, 0.4) is 0 Å². The minimum Gasteiger partial charge on any atom is -0.497 e. The summed E-state index contributed by atoms with van der Waals surface area (Å²) in [6.07, 6.45) is 1.80. The fourth-order valence-electron chi connectivity index (χ4n) is 3.44. The SMILES string of the molecule is COc1cccc(C(=O)N(CCN2CCOCC2)C2CCOCC2)c1. The van der Waals surface area contributed by atoms with Gasteiger partial charge in [-0.15, -0.1) is 0 Å². The van der Waals surface area contributed by atoms with E-state index < -0.39 is 0 Å². The number of nitrogens with zero attached hydrogens (tertiary/aromatic N) is 2. The molecule has 0 N–H and O–H groups in total. The Morgan fingerprint density at radius 1 is 1.20 bits per heavy atom. The zero-order chi connectivity index (χ0) is 17.5. The molecule has 0 saturated carbocycles. The Bertz CT molecular complexity index is 554. The third-order valence-electron chi connectivity index (χ3n) is 4.97. The molecule has 0 atom stereocenters. The summed E-state index contributed by atoms with van der Waals surface area (Å²) in [5, 5.41) is 0. The Kier molecular flexibility index (Phi) is 6.67. The van der Waals surface area contributed by atoms with E-state index in [2.05, 4.69) is 4.90 Å². The first kappa shape index (κ1) is 18.2. The highest BCUT2D eigenvalue weighted by atomic mass is 16.5. The summed E-state index contributed by atoms with van der Waals surface area (Å²) in [4.78, 5) is 17.6. The first-order chi connectivity index (χ1) is 12.3. The van der Waals surface area contributed by atoms with Crippen molar-refractivity contribution in [2.75, 3.05) is 59.7 Å². The van der Waals surface area contributed by atoms with Crippen molar-refractivity contribution in [3.63, 3.8) is 0 Å². The molecule has 2 aliphatic heterocycles. The normalized spacial score (nSPS) is 19.6. The van der Waals surface area contributed by atoms with Gasteiger partial charge in [0.15, 0.2) is 0 Å². The molecular weight excluding hydrogens is 320 g/mol. The summed E-state index contributed by atoms with van der Waals surface area (Å²) in [5.74, 6) is 0.796. The molecule has 0 aliphatic carbocycles. The number of morpholine rings is 1. The highest BCUT2D eigenvalue weighted by molar-refractivity contribution is 5.94. The minimum atomic E-state index is 0.0825. The van der Waals surface area contributed by atoms with Gasteiger partial charge in [-0.2, -0.15) is 0 Å². The van der Waals surface area contributed by atoms with Gasteiger partial charge in [-0.1, -0.05) is 6.07 Å². The van der Waals surface area contributed by atoms with Crippen LogP contribution in [-0.2, 0) is 9.47 Å². The molecular formula is C19H28N2O4. The summed E-state index contributed by atoms with van der Waals surface area (Å²) in [5.41, 5.74) is 0.688. The van der Waals surface area contributed by atoms with Crippen LogP contribution in [0.4, 0.5) is 0 Å². The largest absolute Gasteiger partial charge is 0.497 e. The minimum absolute atomic E-state index is 0.0825.